The van der Waals surface area contributed by atoms with Crippen LogP contribution in [0.25, 0.3) is 0 Å². The maximum atomic E-state index is 13.2. The SMILES string of the molecule is COc1cc(Cc2csc(N3CCC(S(=O)(=O)c4ccc(F)cc4)CC3)n2)cc(OC)c1. The lowest BCUT2D eigenvalue weighted by atomic mass is 10.1. The summed E-state index contributed by atoms with van der Waals surface area (Å²) >= 11 is 1.56. The molecule has 0 atom stereocenters. The lowest BCUT2D eigenvalue weighted by molar-refractivity contribution is 0.393. The Morgan fingerprint density at radius 2 is 1.69 bits per heavy atom. The van der Waals surface area contributed by atoms with Gasteiger partial charge in [0.15, 0.2) is 15.0 Å². The standard InChI is InChI=1S/C23H25FN2O4S2/c1-29-19-12-16(13-20(14-19)30-2)11-18-15-31-23(25-18)26-9-7-22(8-10-26)32(27,28)21-5-3-17(24)4-6-21/h3-6,12-15,22H,7-11H2,1-2H3. The molecule has 2 aromatic carbocycles. The van der Waals surface area contributed by atoms with Crippen LogP contribution in [0.3, 0.4) is 0 Å². The van der Waals surface area contributed by atoms with Gasteiger partial charge in [0.1, 0.15) is 17.3 Å². The van der Waals surface area contributed by atoms with Crippen LogP contribution in [0, 0.1) is 5.82 Å². The van der Waals surface area contributed by atoms with E-state index in [1.54, 1.807) is 25.6 Å². The molecule has 6 nitrogen and oxygen atoms in total. The van der Waals surface area contributed by atoms with Crippen molar-refractivity contribution < 1.29 is 22.3 Å². The predicted octanol–water partition coefficient (Wildman–Crippen LogP) is 4.33. The van der Waals surface area contributed by atoms with Crippen LogP contribution in [0.2, 0.25) is 0 Å². The monoisotopic (exact) mass is 476 g/mol. The van der Waals surface area contributed by atoms with Gasteiger partial charge in [-0.25, -0.2) is 17.8 Å². The topological polar surface area (TPSA) is 68.7 Å². The zero-order valence-electron chi connectivity index (χ0n) is 18.0. The summed E-state index contributed by atoms with van der Waals surface area (Å²) in [6.45, 7) is 1.23. The molecule has 1 saturated heterocycles. The Labute approximate surface area is 191 Å². The van der Waals surface area contributed by atoms with Crippen LogP contribution in [0.1, 0.15) is 24.1 Å². The molecule has 4 rings (SSSR count). The average Bonchev–Trinajstić information content (AvgIpc) is 3.27. The summed E-state index contributed by atoms with van der Waals surface area (Å²) < 4.78 is 49.6. The Bertz CT molecular complexity index is 1150. The minimum absolute atomic E-state index is 0.183. The largest absolute Gasteiger partial charge is 0.497 e. The van der Waals surface area contributed by atoms with Crippen molar-refractivity contribution in [3.63, 3.8) is 0 Å². The van der Waals surface area contributed by atoms with Gasteiger partial charge in [-0.05, 0) is 54.8 Å². The number of anilines is 1. The first-order valence-electron chi connectivity index (χ1n) is 10.3. The number of hydrogen-bond donors (Lipinski definition) is 0. The number of sulfone groups is 1. The second-order valence-electron chi connectivity index (χ2n) is 7.70. The fourth-order valence-electron chi connectivity index (χ4n) is 3.87. The van der Waals surface area contributed by atoms with E-state index >= 15 is 0 Å². The summed E-state index contributed by atoms with van der Waals surface area (Å²) in [6.07, 6.45) is 1.68. The van der Waals surface area contributed by atoms with E-state index in [0.29, 0.717) is 32.4 Å². The fourth-order valence-corrected chi connectivity index (χ4v) is 6.49. The van der Waals surface area contributed by atoms with Gasteiger partial charge in [-0.1, -0.05) is 0 Å². The lowest BCUT2D eigenvalue weighted by Gasteiger charge is -2.31. The molecule has 3 aromatic rings. The fraction of sp³-hybridized carbons (Fsp3) is 0.348. The number of benzene rings is 2. The Morgan fingerprint density at radius 1 is 1.06 bits per heavy atom. The Kier molecular flexibility index (Phi) is 6.66. The van der Waals surface area contributed by atoms with E-state index in [1.807, 2.05) is 23.6 Å². The summed E-state index contributed by atoms with van der Waals surface area (Å²) in [7, 11) is -0.218. The van der Waals surface area contributed by atoms with Crippen LogP contribution in [-0.2, 0) is 16.3 Å². The number of aromatic nitrogens is 1. The number of ether oxygens (including phenoxy) is 2. The number of halogens is 1. The molecule has 0 bridgehead atoms. The van der Waals surface area contributed by atoms with Crippen molar-refractivity contribution in [1.82, 2.24) is 4.98 Å². The maximum absolute atomic E-state index is 13.2. The second kappa shape index (κ2) is 9.46. The lowest BCUT2D eigenvalue weighted by Crippen LogP contribution is -2.39. The van der Waals surface area contributed by atoms with Crippen LogP contribution >= 0.6 is 11.3 Å². The highest BCUT2D eigenvalue weighted by atomic mass is 32.2. The first-order chi connectivity index (χ1) is 15.4. The quantitative estimate of drug-likeness (QED) is 0.473. The molecule has 2 heterocycles. The van der Waals surface area contributed by atoms with Crippen LogP contribution in [-0.4, -0.2) is 46.0 Å². The van der Waals surface area contributed by atoms with Gasteiger partial charge in [-0.3, -0.25) is 0 Å². The molecule has 0 amide bonds. The second-order valence-corrected chi connectivity index (χ2v) is 10.8. The third-order valence-corrected chi connectivity index (χ3v) is 8.86. The highest BCUT2D eigenvalue weighted by Gasteiger charge is 2.32. The number of hydrogen-bond acceptors (Lipinski definition) is 7. The molecule has 170 valence electrons. The van der Waals surface area contributed by atoms with E-state index in [1.165, 1.54) is 24.3 Å². The van der Waals surface area contributed by atoms with Gasteiger partial charge in [-0.2, -0.15) is 0 Å². The Balaban J connectivity index is 1.40. The van der Waals surface area contributed by atoms with Crippen molar-refractivity contribution in [2.45, 2.75) is 29.4 Å². The third-order valence-electron chi connectivity index (χ3n) is 5.63. The van der Waals surface area contributed by atoms with Crippen LogP contribution in [0.15, 0.2) is 52.7 Å². The van der Waals surface area contributed by atoms with E-state index in [4.69, 9.17) is 14.5 Å². The number of methoxy groups -OCH3 is 2. The highest BCUT2D eigenvalue weighted by Crippen LogP contribution is 2.30. The van der Waals surface area contributed by atoms with Crippen molar-refractivity contribution in [3.8, 4) is 11.5 Å². The Morgan fingerprint density at radius 3 is 2.28 bits per heavy atom. The number of thiazole rings is 1. The van der Waals surface area contributed by atoms with Crippen LogP contribution < -0.4 is 14.4 Å². The smallest absolute Gasteiger partial charge is 0.185 e. The van der Waals surface area contributed by atoms with E-state index in [0.717, 1.165) is 27.9 Å². The molecule has 0 spiro atoms. The molecular formula is C23H25FN2O4S2. The van der Waals surface area contributed by atoms with Gasteiger partial charge in [0.2, 0.25) is 0 Å². The first kappa shape index (κ1) is 22.5. The molecule has 1 fully saturated rings. The van der Waals surface area contributed by atoms with Gasteiger partial charge in [0, 0.05) is 31.0 Å². The van der Waals surface area contributed by atoms with Gasteiger partial charge < -0.3 is 14.4 Å². The average molecular weight is 477 g/mol. The van der Waals surface area contributed by atoms with Crippen molar-refractivity contribution >= 4 is 26.3 Å². The zero-order chi connectivity index (χ0) is 22.7. The highest BCUT2D eigenvalue weighted by molar-refractivity contribution is 7.92. The number of rotatable bonds is 7. The molecule has 0 unspecified atom stereocenters. The summed E-state index contributed by atoms with van der Waals surface area (Å²) in [5.41, 5.74) is 1.99. The van der Waals surface area contributed by atoms with E-state index < -0.39 is 20.9 Å². The van der Waals surface area contributed by atoms with E-state index in [2.05, 4.69) is 4.90 Å². The molecule has 1 aliphatic heterocycles. The van der Waals surface area contributed by atoms with Crippen molar-refractivity contribution in [3.05, 3.63) is 64.9 Å². The number of piperidine rings is 1. The van der Waals surface area contributed by atoms with Crippen molar-refractivity contribution in [2.75, 3.05) is 32.2 Å². The molecule has 0 aliphatic carbocycles. The van der Waals surface area contributed by atoms with E-state index in [9.17, 15) is 12.8 Å². The van der Waals surface area contributed by atoms with Gasteiger partial charge in [0.05, 0.1) is 30.1 Å². The molecule has 1 aromatic heterocycles. The van der Waals surface area contributed by atoms with Crippen LogP contribution in [0.5, 0.6) is 11.5 Å². The minimum Gasteiger partial charge on any atom is -0.497 e. The summed E-state index contributed by atoms with van der Waals surface area (Å²) in [4.78, 5) is 7.09. The summed E-state index contributed by atoms with van der Waals surface area (Å²) in [6, 6.07) is 10.8. The molecule has 1 aliphatic rings. The van der Waals surface area contributed by atoms with Crippen molar-refractivity contribution in [1.29, 1.82) is 0 Å². The van der Waals surface area contributed by atoms with Crippen LogP contribution in [0.4, 0.5) is 9.52 Å². The van der Waals surface area contributed by atoms with Gasteiger partial charge in [0.25, 0.3) is 0 Å². The summed E-state index contributed by atoms with van der Waals surface area (Å²) in [5.74, 6) is 1.03. The zero-order valence-corrected chi connectivity index (χ0v) is 19.6. The predicted molar refractivity (Wildman–Crippen MR) is 123 cm³/mol. The number of nitrogens with zero attached hydrogens (tertiary/aromatic N) is 2. The first-order valence-corrected chi connectivity index (χ1v) is 12.7. The maximum Gasteiger partial charge on any atom is 0.185 e. The Hall–Kier alpha value is -2.65. The van der Waals surface area contributed by atoms with Gasteiger partial charge >= 0.3 is 0 Å². The molecule has 9 heteroatoms. The van der Waals surface area contributed by atoms with Crippen molar-refractivity contribution in [2.24, 2.45) is 0 Å². The molecule has 32 heavy (non-hydrogen) atoms. The minimum atomic E-state index is -3.47. The molecule has 0 saturated carbocycles. The molecular weight excluding hydrogens is 451 g/mol. The molecule has 0 radical (unpaired) electrons. The van der Waals surface area contributed by atoms with Gasteiger partial charge in [-0.15, -0.1) is 11.3 Å². The van der Waals surface area contributed by atoms with E-state index in [-0.39, 0.29) is 4.90 Å². The molecule has 0 N–H and O–H groups in total. The normalized spacial score (nSPS) is 15.0. The summed E-state index contributed by atoms with van der Waals surface area (Å²) in [5, 5.41) is 2.46. The third kappa shape index (κ3) is 4.88.